The van der Waals surface area contributed by atoms with Gasteiger partial charge >= 0.3 is 0 Å². The number of nitrogens with zero attached hydrogens (tertiary/aromatic N) is 2. The Balaban J connectivity index is 1.61. The molecule has 236 valence electrons. The summed E-state index contributed by atoms with van der Waals surface area (Å²) in [6.45, 7) is 14.0. The Morgan fingerprint density at radius 1 is 0.953 bits per heavy atom. The first-order valence-electron chi connectivity index (χ1n) is 15.6. The Kier molecular flexibility index (Phi) is 13.5. The quantitative estimate of drug-likeness (QED) is 0.165. The number of unbranched alkanes of at least 4 members (excludes halogenated alkanes) is 1. The fraction of sp³-hybridized carbons (Fsp3) is 0.559. The lowest BCUT2D eigenvalue weighted by atomic mass is 9.94. The Labute approximate surface area is 257 Å². The highest BCUT2D eigenvalue weighted by Gasteiger charge is 2.29. The Morgan fingerprint density at radius 2 is 1.65 bits per heavy atom. The van der Waals surface area contributed by atoms with Gasteiger partial charge in [0, 0.05) is 76.8 Å². The van der Waals surface area contributed by atoms with Gasteiger partial charge in [-0.1, -0.05) is 70.5 Å². The molecule has 3 N–H and O–H groups in total. The molecular formula is C34H51N5O4. The number of carbonyl (C=O) groups excluding carboxylic acids is 2. The van der Waals surface area contributed by atoms with E-state index >= 15 is 0 Å². The normalized spacial score (nSPS) is 13.9. The molecule has 2 aromatic carbocycles. The summed E-state index contributed by atoms with van der Waals surface area (Å²) in [6, 6.07) is 14.7. The van der Waals surface area contributed by atoms with Crippen molar-refractivity contribution in [3.8, 4) is 16.9 Å². The minimum Gasteiger partial charge on any atom is -0.493 e. The summed E-state index contributed by atoms with van der Waals surface area (Å²) in [7, 11) is 1.68. The summed E-state index contributed by atoms with van der Waals surface area (Å²) in [5.74, 6) is 0.882. The van der Waals surface area contributed by atoms with Crippen molar-refractivity contribution in [2.24, 2.45) is 5.41 Å². The molecule has 2 aromatic rings. The van der Waals surface area contributed by atoms with Crippen molar-refractivity contribution in [1.82, 2.24) is 20.4 Å². The third-order valence-corrected chi connectivity index (χ3v) is 7.51. The van der Waals surface area contributed by atoms with E-state index in [1.165, 1.54) is 5.56 Å². The lowest BCUT2D eigenvalue weighted by molar-refractivity contribution is -0.141. The smallest absolute Gasteiger partial charge is 0.228 e. The predicted octanol–water partition coefficient (Wildman–Crippen LogP) is 4.83. The highest BCUT2D eigenvalue weighted by molar-refractivity contribution is 5.95. The molecular weight excluding hydrogens is 542 g/mol. The number of hydrogen-bond donors (Lipinski definition) is 3. The van der Waals surface area contributed by atoms with Crippen molar-refractivity contribution in [1.29, 1.82) is 5.41 Å². The van der Waals surface area contributed by atoms with Crippen molar-refractivity contribution in [3.05, 3.63) is 53.6 Å². The minimum atomic E-state index is -0.340. The summed E-state index contributed by atoms with van der Waals surface area (Å²) in [5.41, 5.74) is 3.98. The highest BCUT2D eigenvalue weighted by atomic mass is 16.5. The Hall–Kier alpha value is -3.43. The third kappa shape index (κ3) is 11.3. The van der Waals surface area contributed by atoms with Gasteiger partial charge in [-0.15, -0.1) is 0 Å². The minimum absolute atomic E-state index is 0.0531. The molecule has 2 amide bonds. The van der Waals surface area contributed by atoms with Crippen molar-refractivity contribution in [3.63, 3.8) is 0 Å². The van der Waals surface area contributed by atoms with Crippen molar-refractivity contribution in [2.45, 2.75) is 66.3 Å². The van der Waals surface area contributed by atoms with E-state index in [9.17, 15) is 9.59 Å². The zero-order valence-corrected chi connectivity index (χ0v) is 26.8. The maximum atomic E-state index is 12.6. The molecule has 1 aliphatic rings. The van der Waals surface area contributed by atoms with Crippen LogP contribution >= 0.6 is 0 Å². The molecule has 0 spiro atoms. The van der Waals surface area contributed by atoms with Crippen molar-refractivity contribution in [2.75, 3.05) is 53.0 Å². The van der Waals surface area contributed by atoms with E-state index in [1.807, 2.05) is 37.8 Å². The molecule has 0 radical (unpaired) electrons. The molecule has 3 rings (SSSR count). The Bertz CT molecular complexity index is 1180. The number of methoxy groups -OCH3 is 1. The highest BCUT2D eigenvalue weighted by Crippen LogP contribution is 2.32. The van der Waals surface area contributed by atoms with Crippen LogP contribution in [0.25, 0.3) is 11.1 Å². The van der Waals surface area contributed by atoms with Crippen LogP contribution in [0.3, 0.4) is 0 Å². The average molecular weight is 594 g/mol. The molecule has 1 aliphatic heterocycles. The molecule has 43 heavy (non-hydrogen) atoms. The summed E-state index contributed by atoms with van der Waals surface area (Å²) in [5, 5.41) is 13.4. The molecule has 0 saturated carbocycles. The number of guanidine groups is 1. The second-order valence-corrected chi connectivity index (χ2v) is 12.2. The zero-order valence-electron chi connectivity index (χ0n) is 26.8. The number of amides is 2. The van der Waals surface area contributed by atoms with Crippen LogP contribution in [0.2, 0.25) is 0 Å². The van der Waals surface area contributed by atoms with Crippen LogP contribution in [-0.4, -0.2) is 80.6 Å². The van der Waals surface area contributed by atoms with E-state index < -0.39 is 0 Å². The molecule has 9 nitrogen and oxygen atoms in total. The number of rotatable bonds is 14. The topological polar surface area (TPSA) is 107 Å². The molecule has 0 aliphatic carbocycles. The molecule has 9 heteroatoms. The van der Waals surface area contributed by atoms with Crippen LogP contribution in [0.1, 0.15) is 64.5 Å². The number of aryl methyl sites for hydroxylation is 1. The van der Waals surface area contributed by atoms with Crippen LogP contribution in [-0.2, 0) is 27.3 Å². The van der Waals surface area contributed by atoms with E-state index in [2.05, 4.69) is 52.8 Å². The first-order chi connectivity index (χ1) is 20.6. The second-order valence-electron chi connectivity index (χ2n) is 12.2. The standard InChI is InChI=1S/C34H51N5O4/c1-6-7-17-36-33(35)37-31(40)16-12-26-11-15-29(30(24-26)43-23-8-22-42-5)28-13-9-27(10-14-28)25-38-18-20-39(21-19-38)32(41)34(2,3)4/h9-11,13-15,24H,6-8,12,16-23,25H2,1-5H3,(H3,35,36,37,40). The van der Waals surface area contributed by atoms with Gasteiger partial charge in [0.2, 0.25) is 11.8 Å². The fourth-order valence-electron chi connectivity index (χ4n) is 4.99. The molecule has 0 atom stereocenters. The van der Waals surface area contributed by atoms with Crippen LogP contribution in [0.15, 0.2) is 42.5 Å². The molecule has 1 saturated heterocycles. The first kappa shape index (κ1) is 34.1. The first-order valence-corrected chi connectivity index (χ1v) is 15.6. The predicted molar refractivity (Wildman–Crippen MR) is 172 cm³/mol. The monoisotopic (exact) mass is 593 g/mol. The van der Waals surface area contributed by atoms with Crippen molar-refractivity contribution < 1.29 is 19.1 Å². The maximum absolute atomic E-state index is 12.6. The van der Waals surface area contributed by atoms with Crippen LogP contribution in [0.5, 0.6) is 5.75 Å². The molecule has 0 aromatic heterocycles. The zero-order chi connectivity index (χ0) is 31.2. The van der Waals surface area contributed by atoms with Crippen LogP contribution in [0, 0.1) is 10.8 Å². The van der Waals surface area contributed by atoms with Gasteiger partial charge in [0.05, 0.1) is 6.61 Å². The Morgan fingerprint density at radius 3 is 2.30 bits per heavy atom. The van der Waals surface area contributed by atoms with Gasteiger partial charge in [-0.2, -0.15) is 0 Å². The van der Waals surface area contributed by atoms with E-state index in [-0.39, 0.29) is 29.6 Å². The number of hydrogen-bond acceptors (Lipinski definition) is 6. The largest absolute Gasteiger partial charge is 0.493 e. The molecule has 0 bridgehead atoms. The fourth-order valence-corrected chi connectivity index (χ4v) is 4.99. The van der Waals surface area contributed by atoms with Gasteiger partial charge in [0.25, 0.3) is 0 Å². The molecule has 1 heterocycles. The summed E-state index contributed by atoms with van der Waals surface area (Å²) in [6.07, 6.45) is 3.61. The van der Waals surface area contributed by atoms with E-state index in [0.717, 1.165) is 74.4 Å². The maximum Gasteiger partial charge on any atom is 0.228 e. The summed E-state index contributed by atoms with van der Waals surface area (Å²) < 4.78 is 11.4. The second kappa shape index (κ2) is 17.0. The average Bonchev–Trinajstić information content (AvgIpc) is 2.98. The number of nitrogens with one attached hydrogen (secondary N) is 3. The van der Waals surface area contributed by atoms with E-state index in [4.69, 9.17) is 14.9 Å². The number of benzene rings is 2. The van der Waals surface area contributed by atoms with Gasteiger partial charge in [-0.25, -0.2) is 0 Å². The number of ether oxygens (including phenoxy) is 2. The van der Waals surface area contributed by atoms with E-state index in [1.54, 1.807) is 7.11 Å². The number of carbonyl (C=O) groups is 2. The van der Waals surface area contributed by atoms with Gasteiger partial charge in [0.15, 0.2) is 5.96 Å². The SMILES string of the molecule is CCCCNC(=N)NC(=O)CCc1ccc(-c2ccc(CN3CCN(C(=O)C(C)(C)C)CC3)cc2)c(OCCCOC)c1. The van der Waals surface area contributed by atoms with Crippen LogP contribution in [0.4, 0.5) is 0 Å². The van der Waals surface area contributed by atoms with Crippen LogP contribution < -0.4 is 15.4 Å². The van der Waals surface area contributed by atoms with Gasteiger partial charge < -0.3 is 19.7 Å². The summed E-state index contributed by atoms with van der Waals surface area (Å²) in [4.78, 5) is 29.4. The lowest BCUT2D eigenvalue weighted by Gasteiger charge is -2.37. The molecule has 1 fully saturated rings. The molecule has 0 unspecified atom stereocenters. The van der Waals surface area contributed by atoms with Gasteiger partial charge in [-0.3, -0.25) is 25.2 Å². The summed E-state index contributed by atoms with van der Waals surface area (Å²) >= 11 is 0. The van der Waals surface area contributed by atoms with Gasteiger partial charge in [0.1, 0.15) is 5.75 Å². The van der Waals surface area contributed by atoms with Gasteiger partial charge in [-0.05, 0) is 35.6 Å². The number of piperazine rings is 1. The van der Waals surface area contributed by atoms with E-state index in [0.29, 0.717) is 26.2 Å². The lowest BCUT2D eigenvalue weighted by Crippen LogP contribution is -2.51. The third-order valence-electron chi connectivity index (χ3n) is 7.51. The van der Waals surface area contributed by atoms with Crippen molar-refractivity contribution >= 4 is 17.8 Å².